The molecule has 3 nitrogen and oxygen atoms in total. The zero-order valence-corrected chi connectivity index (χ0v) is 10.4. The van der Waals surface area contributed by atoms with E-state index < -0.39 is 0 Å². The predicted molar refractivity (Wildman–Crippen MR) is 68.2 cm³/mol. The summed E-state index contributed by atoms with van der Waals surface area (Å²) in [5.41, 5.74) is 2.99. The third-order valence-corrected chi connectivity index (χ3v) is 1.68. The van der Waals surface area contributed by atoms with Crippen molar-refractivity contribution in [3.05, 3.63) is 24.6 Å². The zero-order valence-electron chi connectivity index (χ0n) is 10.4. The second kappa shape index (κ2) is 6.98. The number of allylic oxidation sites excluding steroid dienone is 2. The highest BCUT2D eigenvalue weighted by Crippen LogP contribution is 2.07. The van der Waals surface area contributed by atoms with Crippen LogP contribution in [0.2, 0.25) is 0 Å². The fraction of sp³-hybridized carbons (Fsp3) is 0.500. The minimum absolute atomic E-state index is 0.766. The van der Waals surface area contributed by atoms with E-state index in [1.807, 2.05) is 45.8 Å². The van der Waals surface area contributed by atoms with Crippen molar-refractivity contribution in [1.29, 1.82) is 0 Å². The standard InChI is InChI=1S/C10H15N3.C2H6/c1-5-8(2)12-13-6-9(3)11-10(4)7-13;1-2/h5-6H,1,7H2,2-4H3;1-2H3/b12-8-;. The summed E-state index contributed by atoms with van der Waals surface area (Å²) >= 11 is 0. The number of rotatable bonds is 2. The van der Waals surface area contributed by atoms with Crippen molar-refractivity contribution >= 4 is 11.4 Å². The van der Waals surface area contributed by atoms with Crippen LogP contribution in [0.25, 0.3) is 0 Å². The Kier molecular flexibility index (Phi) is 6.34. The Labute approximate surface area is 92.9 Å². The van der Waals surface area contributed by atoms with Crippen LogP contribution in [0, 0.1) is 0 Å². The average Bonchev–Trinajstić information content (AvgIpc) is 2.19. The van der Waals surface area contributed by atoms with E-state index in [0.717, 1.165) is 23.7 Å². The van der Waals surface area contributed by atoms with Gasteiger partial charge in [-0.05, 0) is 26.8 Å². The van der Waals surface area contributed by atoms with Gasteiger partial charge in [0.2, 0.25) is 0 Å². The maximum atomic E-state index is 4.33. The van der Waals surface area contributed by atoms with Crippen LogP contribution in [0.15, 0.2) is 34.6 Å². The first kappa shape index (κ1) is 13.6. The molecule has 0 atom stereocenters. The van der Waals surface area contributed by atoms with E-state index in [4.69, 9.17) is 0 Å². The second-order valence-electron chi connectivity index (χ2n) is 3.16. The first-order valence-corrected chi connectivity index (χ1v) is 5.28. The molecule has 1 aliphatic rings. The van der Waals surface area contributed by atoms with Crippen LogP contribution < -0.4 is 0 Å². The van der Waals surface area contributed by atoms with Crippen LogP contribution in [-0.4, -0.2) is 23.0 Å². The largest absolute Gasteiger partial charge is 0.265 e. The highest BCUT2D eigenvalue weighted by Gasteiger charge is 2.06. The van der Waals surface area contributed by atoms with Gasteiger partial charge in [-0.2, -0.15) is 5.10 Å². The molecule has 0 aliphatic carbocycles. The monoisotopic (exact) mass is 207 g/mol. The molecular weight excluding hydrogens is 186 g/mol. The molecule has 1 aliphatic heterocycles. The van der Waals surface area contributed by atoms with Crippen molar-refractivity contribution in [2.75, 3.05) is 6.54 Å². The second-order valence-corrected chi connectivity index (χ2v) is 3.16. The van der Waals surface area contributed by atoms with Gasteiger partial charge in [0.1, 0.15) is 0 Å². The van der Waals surface area contributed by atoms with Gasteiger partial charge in [0, 0.05) is 11.9 Å². The summed E-state index contributed by atoms with van der Waals surface area (Å²) in [5.74, 6) is 0. The van der Waals surface area contributed by atoms with Gasteiger partial charge in [-0.15, -0.1) is 0 Å². The van der Waals surface area contributed by atoms with Gasteiger partial charge in [0.25, 0.3) is 0 Å². The predicted octanol–water partition coefficient (Wildman–Crippen LogP) is 3.21. The van der Waals surface area contributed by atoms with Crippen LogP contribution in [0.3, 0.4) is 0 Å². The van der Waals surface area contributed by atoms with Crippen molar-refractivity contribution in [3.8, 4) is 0 Å². The summed E-state index contributed by atoms with van der Waals surface area (Å²) in [7, 11) is 0. The van der Waals surface area contributed by atoms with Gasteiger partial charge >= 0.3 is 0 Å². The lowest BCUT2D eigenvalue weighted by Crippen LogP contribution is -2.23. The molecule has 1 heterocycles. The lowest BCUT2D eigenvalue weighted by molar-refractivity contribution is 0.445. The van der Waals surface area contributed by atoms with Crippen molar-refractivity contribution in [2.24, 2.45) is 10.1 Å². The third-order valence-electron chi connectivity index (χ3n) is 1.68. The number of nitrogens with zero attached hydrogens (tertiary/aromatic N) is 3. The highest BCUT2D eigenvalue weighted by atomic mass is 15.4. The molecule has 0 aromatic rings. The summed E-state index contributed by atoms with van der Waals surface area (Å²) < 4.78 is 0. The molecule has 0 spiro atoms. The summed E-state index contributed by atoms with van der Waals surface area (Å²) in [4.78, 5) is 4.31. The fourth-order valence-electron chi connectivity index (χ4n) is 1.17. The minimum Gasteiger partial charge on any atom is -0.265 e. The molecule has 15 heavy (non-hydrogen) atoms. The molecule has 0 saturated heterocycles. The molecule has 0 radical (unpaired) electrons. The van der Waals surface area contributed by atoms with Gasteiger partial charge in [-0.1, -0.05) is 20.4 Å². The number of hydrogen-bond donors (Lipinski definition) is 0. The maximum absolute atomic E-state index is 4.33. The van der Waals surface area contributed by atoms with Crippen LogP contribution in [-0.2, 0) is 0 Å². The Morgan fingerprint density at radius 2 is 2.13 bits per heavy atom. The number of aliphatic imine (C=N–C) groups is 1. The molecule has 0 saturated carbocycles. The van der Waals surface area contributed by atoms with Crippen molar-refractivity contribution < 1.29 is 0 Å². The lowest BCUT2D eigenvalue weighted by Gasteiger charge is -2.19. The number of hydrazone groups is 1. The summed E-state index contributed by atoms with van der Waals surface area (Å²) in [5, 5.41) is 6.21. The summed E-state index contributed by atoms with van der Waals surface area (Å²) in [6.07, 6.45) is 3.67. The zero-order chi connectivity index (χ0) is 11.8. The fourth-order valence-corrected chi connectivity index (χ4v) is 1.17. The quantitative estimate of drug-likeness (QED) is 0.639. The van der Waals surface area contributed by atoms with Gasteiger partial charge < -0.3 is 0 Å². The Morgan fingerprint density at radius 3 is 2.60 bits per heavy atom. The Morgan fingerprint density at radius 1 is 1.53 bits per heavy atom. The topological polar surface area (TPSA) is 28.0 Å². The van der Waals surface area contributed by atoms with Gasteiger partial charge in [0.15, 0.2) is 0 Å². The first-order chi connectivity index (χ1) is 7.11. The van der Waals surface area contributed by atoms with Crippen LogP contribution in [0.5, 0.6) is 0 Å². The lowest BCUT2D eigenvalue weighted by atomic mass is 10.3. The van der Waals surface area contributed by atoms with E-state index in [2.05, 4.69) is 16.7 Å². The van der Waals surface area contributed by atoms with Crippen LogP contribution in [0.1, 0.15) is 34.6 Å². The van der Waals surface area contributed by atoms with Crippen molar-refractivity contribution in [1.82, 2.24) is 5.01 Å². The molecular formula is C12H21N3. The maximum Gasteiger partial charge on any atom is 0.0790 e. The molecule has 3 heteroatoms. The Bertz CT molecular complexity index is 296. The van der Waals surface area contributed by atoms with Gasteiger partial charge in [-0.25, -0.2) is 0 Å². The summed E-state index contributed by atoms with van der Waals surface area (Å²) in [6, 6.07) is 0. The van der Waals surface area contributed by atoms with E-state index >= 15 is 0 Å². The van der Waals surface area contributed by atoms with E-state index in [1.165, 1.54) is 0 Å². The Balaban J connectivity index is 0.000000921. The molecule has 1 rings (SSSR count). The normalized spacial score (nSPS) is 16.1. The minimum atomic E-state index is 0.766. The molecule has 0 N–H and O–H groups in total. The average molecular weight is 207 g/mol. The van der Waals surface area contributed by atoms with Crippen molar-refractivity contribution in [3.63, 3.8) is 0 Å². The summed E-state index contributed by atoms with van der Waals surface area (Å²) in [6.45, 7) is 14.3. The first-order valence-electron chi connectivity index (χ1n) is 5.28. The molecule has 0 aromatic carbocycles. The third kappa shape index (κ3) is 5.15. The SMILES string of the molecule is C=C/C(C)=N\N1C=C(C)N=C(C)C1.CC. The molecule has 0 amide bonds. The highest BCUT2D eigenvalue weighted by molar-refractivity contribution is 5.92. The molecule has 0 aromatic heterocycles. The number of hydrogen-bond acceptors (Lipinski definition) is 3. The van der Waals surface area contributed by atoms with E-state index in [9.17, 15) is 0 Å². The molecule has 0 fully saturated rings. The van der Waals surface area contributed by atoms with Gasteiger partial charge in [0.05, 0.1) is 18.0 Å². The molecule has 0 unspecified atom stereocenters. The van der Waals surface area contributed by atoms with E-state index in [0.29, 0.717) is 0 Å². The Hall–Kier alpha value is -1.38. The van der Waals surface area contributed by atoms with E-state index in [1.54, 1.807) is 6.08 Å². The van der Waals surface area contributed by atoms with Crippen molar-refractivity contribution in [2.45, 2.75) is 34.6 Å². The smallest absolute Gasteiger partial charge is 0.0790 e. The molecule has 0 bridgehead atoms. The van der Waals surface area contributed by atoms with Crippen LogP contribution in [0.4, 0.5) is 0 Å². The van der Waals surface area contributed by atoms with E-state index in [-0.39, 0.29) is 0 Å². The van der Waals surface area contributed by atoms with Crippen LogP contribution >= 0.6 is 0 Å². The molecule has 84 valence electrons. The van der Waals surface area contributed by atoms with Gasteiger partial charge in [-0.3, -0.25) is 10.0 Å².